The molecular weight excluding hydrogens is 380 g/mol. The fraction of sp³-hybridized carbons (Fsp3) is 0.429. The van der Waals surface area contributed by atoms with Crippen molar-refractivity contribution in [3.8, 4) is 0 Å². The van der Waals surface area contributed by atoms with E-state index in [2.05, 4.69) is 0 Å². The number of benzene rings is 1. The van der Waals surface area contributed by atoms with Crippen molar-refractivity contribution in [2.45, 2.75) is 37.5 Å². The van der Waals surface area contributed by atoms with Crippen molar-refractivity contribution in [2.75, 3.05) is 5.75 Å². The van der Waals surface area contributed by atoms with Crippen LogP contribution in [0.25, 0.3) is 0 Å². The minimum absolute atomic E-state index is 0.0830. The summed E-state index contributed by atoms with van der Waals surface area (Å²) in [7, 11) is 0. The summed E-state index contributed by atoms with van der Waals surface area (Å²) in [5.41, 5.74) is 5.56. The third-order valence-corrected chi connectivity index (χ3v) is 5.48. The quantitative estimate of drug-likeness (QED) is 0.357. The zero-order chi connectivity index (χ0) is 17.4. The van der Waals surface area contributed by atoms with Gasteiger partial charge in [-0.15, -0.1) is 0 Å². The summed E-state index contributed by atoms with van der Waals surface area (Å²) in [5, 5.41) is 0. The first-order chi connectivity index (χ1) is 10.7. The number of carbonyl (C=O) groups is 2. The van der Waals surface area contributed by atoms with E-state index in [1.165, 1.54) is 0 Å². The molecule has 9 heteroatoms. The minimum atomic E-state index is -4.73. The molecule has 0 unspecified atom stereocenters. The average molecular weight is 400 g/mol. The summed E-state index contributed by atoms with van der Waals surface area (Å²) < 4.78 is 9.61. The van der Waals surface area contributed by atoms with Crippen molar-refractivity contribution < 1.29 is 18.6 Å². The van der Waals surface area contributed by atoms with E-state index < -0.39 is 17.9 Å². The molecule has 0 amide bonds. The van der Waals surface area contributed by atoms with Gasteiger partial charge in [0.1, 0.15) is 0 Å². The van der Waals surface area contributed by atoms with E-state index in [9.17, 15) is 9.59 Å². The molecule has 0 saturated heterocycles. The summed E-state index contributed by atoms with van der Waals surface area (Å²) in [6.07, 6.45) is 1.28. The first kappa shape index (κ1) is 20.5. The summed E-state index contributed by atoms with van der Waals surface area (Å²) >= 11 is 13.2. The first-order valence-electron chi connectivity index (χ1n) is 7.10. The van der Waals surface area contributed by atoms with Crippen LogP contribution in [0, 0.1) is 0 Å². The number of thioether (sulfide) groups is 1. The second-order valence-corrected chi connectivity index (χ2v) is 12.3. The molecular formula is C14H20Cl2NO4PS. The van der Waals surface area contributed by atoms with Crippen LogP contribution in [0.2, 0.25) is 0 Å². The normalized spacial score (nSPS) is 13.0. The fourth-order valence-electron chi connectivity index (χ4n) is 1.59. The third-order valence-electron chi connectivity index (χ3n) is 2.51. The van der Waals surface area contributed by atoms with Gasteiger partial charge in [-0.2, -0.15) is 0 Å². The summed E-state index contributed by atoms with van der Waals surface area (Å²) in [5.74, 6) is -5.38. The van der Waals surface area contributed by atoms with Gasteiger partial charge in [-0.25, -0.2) is 0 Å². The Hall–Kier alpha value is -0.520. The molecule has 2 N–H and O–H groups in total. The van der Waals surface area contributed by atoms with Crippen LogP contribution in [0.15, 0.2) is 35.2 Å². The Morgan fingerprint density at radius 3 is 2.26 bits per heavy atom. The number of halogens is 2. The Balaban J connectivity index is 2.35. The molecule has 0 atom stereocenters. The monoisotopic (exact) mass is 399 g/mol. The Morgan fingerprint density at radius 2 is 1.70 bits per heavy atom. The molecule has 0 fully saturated rings. The molecule has 0 saturated carbocycles. The zero-order valence-electron chi connectivity index (χ0n) is 12.7. The van der Waals surface area contributed by atoms with Crippen LogP contribution in [-0.4, -0.2) is 17.7 Å². The zero-order valence-corrected chi connectivity index (χ0v) is 16.0. The average Bonchev–Trinajstić information content (AvgIpc) is 2.43. The molecule has 0 radical (unpaired) electrons. The molecule has 23 heavy (non-hydrogen) atoms. The van der Waals surface area contributed by atoms with Crippen molar-refractivity contribution in [3.63, 3.8) is 0 Å². The Morgan fingerprint density at radius 1 is 1.13 bits per heavy atom. The van der Waals surface area contributed by atoms with Gasteiger partial charge in [-0.05, 0) is 0 Å². The van der Waals surface area contributed by atoms with Gasteiger partial charge in [-0.3, -0.25) is 0 Å². The van der Waals surface area contributed by atoms with Crippen LogP contribution in [0.1, 0.15) is 32.6 Å². The first-order valence-corrected chi connectivity index (χ1v) is 12.0. The third kappa shape index (κ3) is 9.38. The van der Waals surface area contributed by atoms with E-state index in [4.69, 9.17) is 37.0 Å². The molecule has 0 bridgehead atoms. The molecule has 5 nitrogen and oxygen atoms in total. The van der Waals surface area contributed by atoms with Crippen LogP contribution < -0.4 is 5.50 Å². The van der Waals surface area contributed by atoms with Gasteiger partial charge in [0, 0.05) is 0 Å². The van der Waals surface area contributed by atoms with E-state index in [1.54, 1.807) is 18.7 Å². The Labute approximate surface area is 149 Å². The van der Waals surface area contributed by atoms with Gasteiger partial charge in [0.25, 0.3) is 0 Å². The van der Waals surface area contributed by atoms with Gasteiger partial charge in [0.2, 0.25) is 0 Å². The van der Waals surface area contributed by atoms with Crippen LogP contribution in [0.5, 0.6) is 0 Å². The van der Waals surface area contributed by atoms with Crippen LogP contribution >= 0.6 is 40.2 Å². The van der Waals surface area contributed by atoms with E-state index in [1.807, 2.05) is 30.3 Å². The molecule has 0 spiro atoms. The van der Waals surface area contributed by atoms with Crippen molar-refractivity contribution in [2.24, 2.45) is 5.50 Å². The predicted octanol–water partition coefficient (Wildman–Crippen LogP) is 5.01. The van der Waals surface area contributed by atoms with Crippen molar-refractivity contribution in [1.29, 1.82) is 0 Å². The molecule has 0 aromatic heterocycles. The molecule has 0 aliphatic carbocycles. The number of carbonyl (C=O) groups excluding carboxylic acids is 2. The van der Waals surface area contributed by atoms with Gasteiger partial charge < -0.3 is 0 Å². The number of rotatable bonds is 9. The Bertz CT molecular complexity index is 537. The SMILES string of the molecule is CCCC(=O)OP(N)(Cl)(Cl)OC(=O)CCCSc1ccccc1. The molecule has 1 aromatic carbocycles. The molecule has 0 aliphatic rings. The Kier molecular flexibility index (Phi) is 8.11. The van der Waals surface area contributed by atoms with Crippen molar-refractivity contribution >= 4 is 52.1 Å². The van der Waals surface area contributed by atoms with Gasteiger partial charge in [0.05, 0.1) is 0 Å². The fourth-order valence-corrected chi connectivity index (χ4v) is 4.32. The number of hydrogen-bond donors (Lipinski definition) is 1. The molecule has 0 aliphatic heterocycles. The molecule has 1 aromatic rings. The van der Waals surface area contributed by atoms with Gasteiger partial charge in [0.15, 0.2) is 0 Å². The van der Waals surface area contributed by atoms with Crippen LogP contribution in [0.4, 0.5) is 0 Å². The van der Waals surface area contributed by atoms with Crippen molar-refractivity contribution in [1.82, 2.24) is 0 Å². The standard InChI is InChI=1S/C14H20Cl2NO4PS/c1-2-7-13(18)20-22(15,16,17)21-14(19)10-6-11-23-12-8-4-3-5-9-12/h3-5,8-9H,2,6-7,10-11,17H2,1H3. The second kappa shape index (κ2) is 9.09. The number of hydrogen-bond acceptors (Lipinski definition) is 6. The van der Waals surface area contributed by atoms with Crippen LogP contribution in [0.3, 0.4) is 0 Å². The predicted molar refractivity (Wildman–Crippen MR) is 96.3 cm³/mol. The summed E-state index contributed by atoms with van der Waals surface area (Å²) in [6, 6.07) is 9.80. The van der Waals surface area contributed by atoms with Gasteiger partial charge >= 0.3 is 150 Å². The van der Waals surface area contributed by atoms with E-state index in [0.29, 0.717) is 12.8 Å². The summed E-state index contributed by atoms with van der Waals surface area (Å²) in [6.45, 7) is 1.78. The topological polar surface area (TPSA) is 78.6 Å². The maximum absolute atomic E-state index is 11.8. The molecule has 130 valence electrons. The van der Waals surface area contributed by atoms with E-state index in [-0.39, 0.29) is 12.8 Å². The summed E-state index contributed by atoms with van der Waals surface area (Å²) in [4.78, 5) is 24.3. The van der Waals surface area contributed by atoms with Gasteiger partial charge in [-0.1, -0.05) is 0 Å². The second-order valence-electron chi connectivity index (χ2n) is 4.76. The van der Waals surface area contributed by atoms with Crippen LogP contribution in [-0.2, 0) is 18.6 Å². The molecule has 0 heterocycles. The number of nitrogens with two attached hydrogens (primary N) is 1. The maximum atomic E-state index is 11.8. The van der Waals surface area contributed by atoms with Crippen molar-refractivity contribution in [3.05, 3.63) is 30.3 Å². The van der Waals surface area contributed by atoms with E-state index in [0.717, 1.165) is 10.6 Å². The molecule has 1 rings (SSSR count). The van der Waals surface area contributed by atoms with E-state index >= 15 is 0 Å².